The standard InChI is InChI=1S/C11H22N2O4/c1-8(2)13(6-7-17-5)10(16)12-11(3,4)9(14)15/h8H,6-7H2,1-5H3,(H,12,16)(H,14,15). The highest BCUT2D eigenvalue weighted by Gasteiger charge is 2.31. The van der Waals surface area contributed by atoms with Crippen molar-refractivity contribution in [3.05, 3.63) is 0 Å². The molecule has 2 amide bonds. The summed E-state index contributed by atoms with van der Waals surface area (Å²) in [5, 5.41) is 11.4. The van der Waals surface area contributed by atoms with Gasteiger partial charge in [0.1, 0.15) is 5.54 Å². The number of carbonyl (C=O) groups is 2. The Balaban J connectivity index is 4.58. The molecule has 0 saturated heterocycles. The fourth-order valence-corrected chi connectivity index (χ4v) is 1.18. The van der Waals surface area contributed by atoms with Gasteiger partial charge in [-0.3, -0.25) is 0 Å². The van der Waals surface area contributed by atoms with Crippen LogP contribution in [-0.2, 0) is 9.53 Å². The Hall–Kier alpha value is -1.30. The molecule has 100 valence electrons. The van der Waals surface area contributed by atoms with E-state index in [2.05, 4.69) is 5.32 Å². The highest BCUT2D eigenvalue weighted by atomic mass is 16.5. The van der Waals surface area contributed by atoms with E-state index >= 15 is 0 Å². The number of nitrogens with one attached hydrogen (secondary N) is 1. The Morgan fingerprint density at radius 2 is 1.94 bits per heavy atom. The third-order valence-electron chi connectivity index (χ3n) is 2.37. The predicted molar refractivity (Wildman–Crippen MR) is 64.0 cm³/mol. The van der Waals surface area contributed by atoms with Crippen LogP contribution in [0.25, 0.3) is 0 Å². The van der Waals surface area contributed by atoms with Crippen LogP contribution in [0.15, 0.2) is 0 Å². The van der Waals surface area contributed by atoms with Gasteiger partial charge >= 0.3 is 12.0 Å². The Morgan fingerprint density at radius 1 is 1.41 bits per heavy atom. The quantitative estimate of drug-likeness (QED) is 0.730. The van der Waals surface area contributed by atoms with Crippen molar-refractivity contribution >= 4 is 12.0 Å². The second-order valence-electron chi connectivity index (χ2n) is 4.64. The number of carbonyl (C=O) groups excluding carboxylic acids is 1. The van der Waals surface area contributed by atoms with Crippen molar-refractivity contribution in [3.63, 3.8) is 0 Å². The number of hydrogen-bond acceptors (Lipinski definition) is 3. The minimum Gasteiger partial charge on any atom is -0.480 e. The maximum atomic E-state index is 11.9. The second kappa shape index (κ2) is 6.44. The predicted octanol–water partition coefficient (Wildman–Crippen LogP) is 0.916. The molecule has 0 aromatic carbocycles. The molecule has 0 heterocycles. The lowest BCUT2D eigenvalue weighted by atomic mass is 10.1. The zero-order chi connectivity index (χ0) is 13.6. The van der Waals surface area contributed by atoms with E-state index < -0.39 is 17.5 Å². The van der Waals surface area contributed by atoms with E-state index in [9.17, 15) is 9.59 Å². The first-order valence-corrected chi connectivity index (χ1v) is 5.53. The van der Waals surface area contributed by atoms with Gasteiger partial charge in [-0.05, 0) is 27.7 Å². The molecule has 17 heavy (non-hydrogen) atoms. The molecule has 6 nitrogen and oxygen atoms in total. The van der Waals surface area contributed by atoms with Crippen molar-refractivity contribution in [3.8, 4) is 0 Å². The smallest absolute Gasteiger partial charge is 0.328 e. The SMILES string of the molecule is COCCN(C(=O)NC(C)(C)C(=O)O)C(C)C. The number of methoxy groups -OCH3 is 1. The van der Waals surface area contributed by atoms with Crippen molar-refractivity contribution in [2.45, 2.75) is 39.3 Å². The van der Waals surface area contributed by atoms with E-state index in [4.69, 9.17) is 9.84 Å². The molecule has 0 radical (unpaired) electrons. The van der Waals surface area contributed by atoms with Crippen LogP contribution >= 0.6 is 0 Å². The molecule has 2 N–H and O–H groups in total. The van der Waals surface area contributed by atoms with Gasteiger partial charge in [-0.1, -0.05) is 0 Å². The Bertz CT molecular complexity index is 277. The average molecular weight is 246 g/mol. The van der Waals surface area contributed by atoms with Crippen LogP contribution in [0.4, 0.5) is 4.79 Å². The van der Waals surface area contributed by atoms with E-state index in [1.54, 1.807) is 7.11 Å². The van der Waals surface area contributed by atoms with E-state index in [-0.39, 0.29) is 6.04 Å². The van der Waals surface area contributed by atoms with E-state index in [1.807, 2.05) is 13.8 Å². The first-order valence-electron chi connectivity index (χ1n) is 5.53. The minimum absolute atomic E-state index is 0.0188. The topological polar surface area (TPSA) is 78.9 Å². The van der Waals surface area contributed by atoms with E-state index in [0.29, 0.717) is 13.2 Å². The molecule has 0 unspecified atom stereocenters. The highest BCUT2D eigenvalue weighted by Crippen LogP contribution is 2.06. The summed E-state index contributed by atoms with van der Waals surface area (Å²) >= 11 is 0. The summed E-state index contributed by atoms with van der Waals surface area (Å²) in [5.74, 6) is -1.07. The molecule has 0 aliphatic heterocycles. The molecule has 6 heteroatoms. The van der Waals surface area contributed by atoms with Gasteiger partial charge in [-0.25, -0.2) is 9.59 Å². The molecule has 0 saturated carbocycles. The number of carboxylic acids is 1. The number of nitrogens with zero attached hydrogens (tertiary/aromatic N) is 1. The summed E-state index contributed by atoms with van der Waals surface area (Å²) in [6.07, 6.45) is 0. The van der Waals surface area contributed by atoms with Gasteiger partial charge in [0.2, 0.25) is 0 Å². The number of aliphatic carboxylic acids is 1. The van der Waals surface area contributed by atoms with Crippen LogP contribution in [0.1, 0.15) is 27.7 Å². The number of ether oxygens (including phenoxy) is 1. The lowest BCUT2D eigenvalue weighted by molar-refractivity contribution is -0.143. The van der Waals surface area contributed by atoms with Crippen LogP contribution in [0.2, 0.25) is 0 Å². The highest BCUT2D eigenvalue weighted by molar-refractivity contribution is 5.85. The zero-order valence-electron chi connectivity index (χ0n) is 11.1. The van der Waals surface area contributed by atoms with Crippen LogP contribution in [0.3, 0.4) is 0 Å². The normalized spacial score (nSPS) is 11.4. The van der Waals surface area contributed by atoms with Gasteiger partial charge in [0, 0.05) is 19.7 Å². The lowest BCUT2D eigenvalue weighted by Gasteiger charge is -2.30. The largest absolute Gasteiger partial charge is 0.480 e. The molecular formula is C11H22N2O4. The fraction of sp³-hybridized carbons (Fsp3) is 0.818. The Morgan fingerprint density at radius 3 is 2.29 bits per heavy atom. The Kier molecular flexibility index (Phi) is 5.95. The molecule has 0 atom stereocenters. The minimum atomic E-state index is -1.28. The van der Waals surface area contributed by atoms with Gasteiger partial charge in [-0.2, -0.15) is 0 Å². The monoisotopic (exact) mass is 246 g/mol. The summed E-state index contributed by atoms with van der Waals surface area (Å²) in [5.41, 5.74) is -1.28. The van der Waals surface area contributed by atoms with Crippen LogP contribution in [-0.4, -0.2) is 53.8 Å². The van der Waals surface area contributed by atoms with Crippen LogP contribution < -0.4 is 5.32 Å². The summed E-state index contributed by atoms with van der Waals surface area (Å²) in [4.78, 5) is 24.3. The van der Waals surface area contributed by atoms with Crippen molar-refractivity contribution < 1.29 is 19.4 Å². The van der Waals surface area contributed by atoms with Crippen molar-refractivity contribution in [1.29, 1.82) is 0 Å². The van der Waals surface area contributed by atoms with Crippen molar-refractivity contribution in [1.82, 2.24) is 10.2 Å². The van der Waals surface area contributed by atoms with Crippen LogP contribution in [0, 0.1) is 0 Å². The Labute approximate surface area is 102 Å². The number of rotatable bonds is 6. The summed E-state index contributed by atoms with van der Waals surface area (Å²) < 4.78 is 4.91. The first kappa shape index (κ1) is 15.7. The third-order valence-corrected chi connectivity index (χ3v) is 2.37. The summed E-state index contributed by atoms with van der Waals surface area (Å²) in [7, 11) is 1.55. The molecule has 0 rings (SSSR count). The molecular weight excluding hydrogens is 224 g/mol. The van der Waals surface area contributed by atoms with Crippen LogP contribution in [0.5, 0.6) is 0 Å². The molecule has 0 aliphatic carbocycles. The molecule has 0 spiro atoms. The van der Waals surface area contributed by atoms with Crippen molar-refractivity contribution in [2.75, 3.05) is 20.3 Å². The van der Waals surface area contributed by atoms with E-state index in [1.165, 1.54) is 18.7 Å². The molecule has 0 fully saturated rings. The second-order valence-corrected chi connectivity index (χ2v) is 4.64. The number of urea groups is 1. The number of amides is 2. The molecule has 0 aromatic heterocycles. The first-order chi connectivity index (χ1) is 7.72. The molecule has 0 aromatic rings. The van der Waals surface area contributed by atoms with Gasteiger partial charge in [-0.15, -0.1) is 0 Å². The van der Waals surface area contributed by atoms with Gasteiger partial charge in [0.15, 0.2) is 0 Å². The zero-order valence-corrected chi connectivity index (χ0v) is 11.1. The molecule has 0 bridgehead atoms. The average Bonchev–Trinajstić information content (AvgIpc) is 2.16. The van der Waals surface area contributed by atoms with Crippen molar-refractivity contribution in [2.24, 2.45) is 0 Å². The fourth-order valence-electron chi connectivity index (χ4n) is 1.18. The molecule has 0 aliphatic rings. The summed E-state index contributed by atoms with van der Waals surface area (Å²) in [6, 6.07) is -0.417. The number of carboxylic acid groups (broad SMARTS) is 1. The van der Waals surface area contributed by atoms with Gasteiger partial charge in [0.25, 0.3) is 0 Å². The van der Waals surface area contributed by atoms with Gasteiger partial charge < -0.3 is 20.1 Å². The number of hydrogen-bond donors (Lipinski definition) is 2. The van der Waals surface area contributed by atoms with E-state index in [0.717, 1.165) is 0 Å². The van der Waals surface area contributed by atoms with Gasteiger partial charge in [0.05, 0.1) is 6.61 Å². The lowest BCUT2D eigenvalue weighted by Crippen LogP contribution is -2.56. The third kappa shape index (κ3) is 5.04. The maximum absolute atomic E-state index is 11.9. The maximum Gasteiger partial charge on any atom is 0.328 e. The summed E-state index contributed by atoms with van der Waals surface area (Å²) in [6.45, 7) is 7.46.